The maximum atomic E-state index is 11.7. The number of nitro groups is 1. The van der Waals surface area contributed by atoms with Crippen LogP contribution in [-0.2, 0) is 9.53 Å². The molecule has 1 spiro atoms. The highest BCUT2D eigenvalue weighted by molar-refractivity contribution is 5.73. The third kappa shape index (κ3) is 3.16. The molecular weight excluding hydrogens is 296 g/mol. The third-order valence-electron chi connectivity index (χ3n) is 5.23. The number of rotatable bonds is 4. The summed E-state index contributed by atoms with van der Waals surface area (Å²) in [6, 6.07) is 6.75. The van der Waals surface area contributed by atoms with Crippen molar-refractivity contribution < 1.29 is 14.5 Å². The van der Waals surface area contributed by atoms with Crippen molar-refractivity contribution in [3.63, 3.8) is 0 Å². The van der Waals surface area contributed by atoms with E-state index in [1.165, 1.54) is 0 Å². The van der Waals surface area contributed by atoms with Gasteiger partial charge >= 0.3 is 5.97 Å². The van der Waals surface area contributed by atoms with Crippen LogP contribution in [0.3, 0.4) is 0 Å². The summed E-state index contributed by atoms with van der Waals surface area (Å²) in [7, 11) is 0. The molecule has 1 saturated carbocycles. The van der Waals surface area contributed by atoms with Crippen LogP contribution in [0.25, 0.3) is 0 Å². The molecule has 2 aliphatic rings. The van der Waals surface area contributed by atoms with Gasteiger partial charge in [0, 0.05) is 30.9 Å². The number of nitrogens with zero attached hydrogens (tertiary/aromatic N) is 2. The summed E-state index contributed by atoms with van der Waals surface area (Å²) in [4.78, 5) is 24.3. The number of carbonyl (C=O) groups is 1. The van der Waals surface area contributed by atoms with Gasteiger partial charge in [-0.1, -0.05) is 0 Å². The van der Waals surface area contributed by atoms with Crippen LogP contribution >= 0.6 is 0 Å². The second-order valence-corrected chi connectivity index (χ2v) is 6.62. The average molecular weight is 318 g/mol. The van der Waals surface area contributed by atoms with Gasteiger partial charge in [-0.25, -0.2) is 0 Å². The predicted octanol–water partition coefficient (Wildman–Crippen LogP) is 3.15. The van der Waals surface area contributed by atoms with Gasteiger partial charge in [0.2, 0.25) is 0 Å². The number of hydrogen-bond donors (Lipinski definition) is 0. The van der Waals surface area contributed by atoms with E-state index in [9.17, 15) is 14.9 Å². The fourth-order valence-electron chi connectivity index (χ4n) is 3.85. The minimum atomic E-state index is -0.376. The lowest BCUT2D eigenvalue weighted by molar-refractivity contribution is -0.384. The summed E-state index contributed by atoms with van der Waals surface area (Å²) in [5, 5.41) is 10.7. The van der Waals surface area contributed by atoms with Crippen molar-refractivity contribution in [1.82, 2.24) is 0 Å². The van der Waals surface area contributed by atoms with E-state index in [1.54, 1.807) is 12.1 Å². The van der Waals surface area contributed by atoms with E-state index < -0.39 is 0 Å². The molecule has 0 atom stereocenters. The Morgan fingerprint density at radius 1 is 1.30 bits per heavy atom. The van der Waals surface area contributed by atoms with Crippen molar-refractivity contribution in [2.75, 3.05) is 24.6 Å². The molecule has 0 radical (unpaired) electrons. The molecule has 1 aliphatic carbocycles. The highest BCUT2D eigenvalue weighted by Crippen LogP contribution is 2.53. The Morgan fingerprint density at radius 3 is 2.43 bits per heavy atom. The molecule has 1 saturated heterocycles. The average Bonchev–Trinajstić information content (AvgIpc) is 2.53. The number of nitro benzene ring substituents is 1. The molecule has 1 aromatic carbocycles. The summed E-state index contributed by atoms with van der Waals surface area (Å²) in [5.74, 6) is 0.0387. The van der Waals surface area contributed by atoms with Crippen molar-refractivity contribution in [2.45, 2.75) is 32.6 Å². The molecule has 6 heteroatoms. The molecule has 1 aliphatic heterocycles. The molecule has 1 heterocycles. The molecular formula is C17H22N2O4. The Balaban J connectivity index is 1.53. The molecule has 3 rings (SSSR count). The molecule has 124 valence electrons. The van der Waals surface area contributed by atoms with E-state index in [2.05, 4.69) is 4.90 Å². The van der Waals surface area contributed by atoms with Crippen LogP contribution in [0.5, 0.6) is 0 Å². The van der Waals surface area contributed by atoms with Crippen LogP contribution in [0.2, 0.25) is 0 Å². The summed E-state index contributed by atoms with van der Waals surface area (Å²) in [6.45, 7) is 4.17. The zero-order chi connectivity index (χ0) is 16.4. The van der Waals surface area contributed by atoms with Crippen LogP contribution in [0.15, 0.2) is 24.3 Å². The quantitative estimate of drug-likeness (QED) is 0.484. The number of ether oxygens (including phenoxy) is 1. The number of esters is 1. The molecule has 0 bridgehead atoms. The zero-order valence-electron chi connectivity index (χ0n) is 13.4. The number of hydrogen-bond acceptors (Lipinski definition) is 5. The summed E-state index contributed by atoms with van der Waals surface area (Å²) in [5.41, 5.74) is 1.46. The molecule has 23 heavy (non-hydrogen) atoms. The standard InChI is InChI=1S/C17H22N2O4/c1-2-23-16(20)13-11-17(12-13)7-9-18(10-8-17)14-3-5-15(6-4-14)19(21)22/h3-6,13H,2,7-12H2,1H3. The number of non-ortho nitro benzene ring substituents is 1. The monoisotopic (exact) mass is 318 g/mol. The van der Waals surface area contributed by atoms with Crippen molar-refractivity contribution in [3.05, 3.63) is 34.4 Å². The molecule has 6 nitrogen and oxygen atoms in total. The van der Waals surface area contributed by atoms with Crippen molar-refractivity contribution in [3.8, 4) is 0 Å². The Hall–Kier alpha value is -2.11. The normalized spacial score (nSPS) is 20.1. The third-order valence-corrected chi connectivity index (χ3v) is 5.23. The van der Waals surface area contributed by atoms with Crippen LogP contribution in [-0.4, -0.2) is 30.6 Å². The van der Waals surface area contributed by atoms with Crippen LogP contribution in [0.4, 0.5) is 11.4 Å². The Kier molecular flexibility index (Phi) is 4.24. The van der Waals surface area contributed by atoms with Crippen LogP contribution in [0.1, 0.15) is 32.6 Å². The van der Waals surface area contributed by atoms with Gasteiger partial charge in [0.25, 0.3) is 5.69 Å². The number of piperidine rings is 1. The molecule has 0 aromatic heterocycles. The molecule has 2 fully saturated rings. The van der Waals surface area contributed by atoms with Gasteiger partial charge in [-0.2, -0.15) is 0 Å². The largest absolute Gasteiger partial charge is 0.466 e. The Bertz CT molecular complexity index is 583. The van der Waals surface area contributed by atoms with E-state index in [0.717, 1.165) is 44.5 Å². The van der Waals surface area contributed by atoms with E-state index in [-0.39, 0.29) is 22.5 Å². The second kappa shape index (κ2) is 6.18. The number of benzene rings is 1. The maximum absolute atomic E-state index is 11.7. The van der Waals surface area contributed by atoms with Crippen molar-refractivity contribution in [1.29, 1.82) is 0 Å². The first-order valence-electron chi connectivity index (χ1n) is 8.19. The van der Waals surface area contributed by atoms with Gasteiger partial charge in [0.1, 0.15) is 0 Å². The SMILES string of the molecule is CCOC(=O)C1CC2(CCN(c3ccc([N+](=O)[O-])cc3)CC2)C1. The van der Waals surface area contributed by atoms with E-state index in [4.69, 9.17) is 4.74 Å². The van der Waals surface area contributed by atoms with E-state index in [1.807, 2.05) is 19.1 Å². The highest BCUT2D eigenvalue weighted by Gasteiger charge is 2.49. The van der Waals surface area contributed by atoms with Gasteiger partial charge in [-0.05, 0) is 50.2 Å². The molecule has 1 aromatic rings. The van der Waals surface area contributed by atoms with Gasteiger partial charge in [-0.15, -0.1) is 0 Å². The fraction of sp³-hybridized carbons (Fsp3) is 0.588. The topological polar surface area (TPSA) is 72.7 Å². The fourth-order valence-corrected chi connectivity index (χ4v) is 3.85. The Morgan fingerprint density at radius 2 is 1.91 bits per heavy atom. The smallest absolute Gasteiger partial charge is 0.308 e. The second-order valence-electron chi connectivity index (χ2n) is 6.62. The molecule has 0 amide bonds. The van der Waals surface area contributed by atoms with E-state index in [0.29, 0.717) is 12.0 Å². The minimum absolute atomic E-state index is 0.0454. The van der Waals surface area contributed by atoms with Crippen LogP contribution in [0, 0.1) is 21.4 Å². The minimum Gasteiger partial charge on any atom is -0.466 e. The summed E-state index contributed by atoms with van der Waals surface area (Å²) < 4.78 is 5.10. The lowest BCUT2D eigenvalue weighted by Crippen LogP contribution is -2.49. The molecule has 0 N–H and O–H groups in total. The number of anilines is 1. The Labute approximate surface area is 135 Å². The number of carbonyl (C=O) groups excluding carboxylic acids is 1. The van der Waals surface area contributed by atoms with E-state index >= 15 is 0 Å². The van der Waals surface area contributed by atoms with Crippen LogP contribution < -0.4 is 4.90 Å². The van der Waals surface area contributed by atoms with Crippen molar-refractivity contribution in [2.24, 2.45) is 11.3 Å². The maximum Gasteiger partial charge on any atom is 0.308 e. The van der Waals surface area contributed by atoms with Gasteiger partial charge in [0.05, 0.1) is 17.4 Å². The van der Waals surface area contributed by atoms with Crippen molar-refractivity contribution >= 4 is 17.3 Å². The van der Waals surface area contributed by atoms with Gasteiger partial charge in [-0.3, -0.25) is 14.9 Å². The summed E-state index contributed by atoms with van der Waals surface area (Å²) >= 11 is 0. The first-order valence-corrected chi connectivity index (χ1v) is 8.19. The first-order chi connectivity index (χ1) is 11.0. The first kappa shape index (κ1) is 15.8. The lowest BCUT2D eigenvalue weighted by Gasteiger charge is -2.51. The summed E-state index contributed by atoms with van der Waals surface area (Å²) in [6.07, 6.45) is 4.03. The lowest BCUT2D eigenvalue weighted by atomic mass is 9.57. The zero-order valence-corrected chi connectivity index (χ0v) is 13.4. The highest BCUT2D eigenvalue weighted by atomic mass is 16.6. The predicted molar refractivity (Wildman–Crippen MR) is 86.3 cm³/mol. The molecule has 0 unspecified atom stereocenters. The van der Waals surface area contributed by atoms with Gasteiger partial charge in [0.15, 0.2) is 0 Å². The van der Waals surface area contributed by atoms with Gasteiger partial charge < -0.3 is 9.64 Å².